The van der Waals surface area contributed by atoms with Crippen molar-refractivity contribution in [3.8, 4) is 11.5 Å². The highest BCUT2D eigenvalue weighted by Gasteiger charge is 2.04. The smallest absolute Gasteiger partial charge is 0.285 e. The number of halogens is 1. The third kappa shape index (κ3) is 1.35. The Kier molecular flexibility index (Phi) is 1.87. The Hall–Kier alpha value is -1.23. The van der Waals surface area contributed by atoms with Gasteiger partial charge in [0.1, 0.15) is 0 Å². The average Bonchev–Trinajstić information content (AvgIpc) is 2.54. The Balaban J connectivity index is 2.45. The lowest BCUT2D eigenvalue weighted by molar-refractivity contribution is 0.540. The summed E-state index contributed by atoms with van der Waals surface area (Å²) in [6.45, 7) is 0. The molecular formula is C7H4BrN3O. The number of nitrogens with zero attached hydrogens (tertiary/aromatic N) is 3. The highest BCUT2D eigenvalue weighted by atomic mass is 79.9. The lowest BCUT2D eigenvalue weighted by Crippen LogP contribution is -1.77. The van der Waals surface area contributed by atoms with Crippen LogP contribution in [-0.4, -0.2) is 15.2 Å². The molecule has 0 amide bonds. The first-order valence-corrected chi connectivity index (χ1v) is 4.05. The topological polar surface area (TPSA) is 51.8 Å². The van der Waals surface area contributed by atoms with Crippen LogP contribution in [0.15, 0.2) is 33.7 Å². The van der Waals surface area contributed by atoms with Crippen molar-refractivity contribution in [3.63, 3.8) is 0 Å². The predicted molar refractivity (Wildman–Crippen MR) is 45.2 cm³/mol. The summed E-state index contributed by atoms with van der Waals surface area (Å²) in [7, 11) is 0. The standard InChI is InChI=1S/C7H4BrN3O/c8-7-11-10-6(12-7)5-1-3-9-4-2-5/h1-4H. The van der Waals surface area contributed by atoms with Crippen molar-refractivity contribution in [1.29, 1.82) is 0 Å². The first kappa shape index (κ1) is 7.42. The predicted octanol–water partition coefficient (Wildman–Crippen LogP) is 1.89. The minimum atomic E-state index is 0.384. The highest BCUT2D eigenvalue weighted by molar-refractivity contribution is 9.10. The average molecular weight is 226 g/mol. The van der Waals surface area contributed by atoms with E-state index < -0.39 is 0 Å². The molecule has 2 aromatic heterocycles. The van der Waals surface area contributed by atoms with Crippen LogP contribution in [0, 0.1) is 0 Å². The van der Waals surface area contributed by atoms with Gasteiger partial charge in [-0.15, -0.1) is 10.2 Å². The molecule has 0 radical (unpaired) electrons. The zero-order chi connectivity index (χ0) is 8.39. The van der Waals surface area contributed by atoms with Crippen LogP contribution in [0.3, 0.4) is 0 Å². The van der Waals surface area contributed by atoms with Crippen LogP contribution in [0.2, 0.25) is 0 Å². The minimum absolute atomic E-state index is 0.384. The van der Waals surface area contributed by atoms with Gasteiger partial charge in [0.2, 0.25) is 5.89 Å². The van der Waals surface area contributed by atoms with Crippen LogP contribution in [-0.2, 0) is 0 Å². The quantitative estimate of drug-likeness (QED) is 0.744. The summed E-state index contributed by atoms with van der Waals surface area (Å²) in [6, 6.07) is 3.61. The maximum atomic E-state index is 5.14. The summed E-state index contributed by atoms with van der Waals surface area (Å²) >= 11 is 3.07. The summed E-state index contributed by atoms with van der Waals surface area (Å²) in [5.74, 6) is 0.490. The van der Waals surface area contributed by atoms with Crippen LogP contribution in [0.1, 0.15) is 0 Å². The Morgan fingerprint density at radius 3 is 2.50 bits per heavy atom. The summed E-state index contributed by atoms with van der Waals surface area (Å²) in [6.07, 6.45) is 3.35. The molecule has 0 aliphatic carbocycles. The van der Waals surface area contributed by atoms with E-state index in [1.165, 1.54) is 0 Å². The SMILES string of the molecule is Brc1nnc(-c2ccncc2)o1. The monoisotopic (exact) mass is 225 g/mol. The van der Waals surface area contributed by atoms with Crippen molar-refractivity contribution >= 4 is 15.9 Å². The van der Waals surface area contributed by atoms with Crippen molar-refractivity contribution < 1.29 is 4.42 Å². The molecule has 0 N–H and O–H groups in total. The lowest BCUT2D eigenvalue weighted by Gasteiger charge is -1.89. The maximum absolute atomic E-state index is 5.14. The van der Waals surface area contributed by atoms with Crippen molar-refractivity contribution in [2.45, 2.75) is 0 Å². The fraction of sp³-hybridized carbons (Fsp3) is 0. The molecule has 0 fully saturated rings. The molecule has 0 atom stereocenters. The van der Waals surface area contributed by atoms with E-state index in [9.17, 15) is 0 Å². The van der Waals surface area contributed by atoms with Crippen LogP contribution in [0.5, 0.6) is 0 Å². The van der Waals surface area contributed by atoms with Crippen LogP contribution in [0.4, 0.5) is 0 Å². The number of pyridine rings is 1. The normalized spacial score (nSPS) is 10.1. The lowest BCUT2D eigenvalue weighted by atomic mass is 10.3. The zero-order valence-electron chi connectivity index (χ0n) is 5.94. The van der Waals surface area contributed by atoms with Crippen molar-refractivity contribution in [3.05, 3.63) is 29.3 Å². The molecule has 0 aliphatic rings. The fourth-order valence-electron chi connectivity index (χ4n) is 0.816. The van der Waals surface area contributed by atoms with Gasteiger partial charge < -0.3 is 4.42 Å². The molecule has 4 nitrogen and oxygen atoms in total. The second kappa shape index (κ2) is 3.02. The van der Waals surface area contributed by atoms with Gasteiger partial charge in [-0.2, -0.15) is 0 Å². The van der Waals surface area contributed by atoms with E-state index in [1.807, 2.05) is 0 Å². The van der Waals surface area contributed by atoms with Crippen molar-refractivity contribution in [2.24, 2.45) is 0 Å². The molecule has 2 aromatic rings. The Morgan fingerprint density at radius 2 is 1.92 bits per heavy atom. The fourth-order valence-corrected chi connectivity index (χ4v) is 1.05. The van der Waals surface area contributed by atoms with Crippen LogP contribution in [0.25, 0.3) is 11.5 Å². The Bertz CT molecular complexity index is 373. The van der Waals surface area contributed by atoms with E-state index in [1.54, 1.807) is 24.5 Å². The summed E-state index contributed by atoms with van der Waals surface area (Å²) < 4.78 is 5.14. The molecule has 5 heteroatoms. The van der Waals surface area contributed by atoms with Crippen molar-refractivity contribution in [2.75, 3.05) is 0 Å². The van der Waals surface area contributed by atoms with Gasteiger partial charge in [0, 0.05) is 33.9 Å². The van der Waals surface area contributed by atoms with E-state index in [0.29, 0.717) is 10.7 Å². The van der Waals surface area contributed by atoms with Gasteiger partial charge in [0.05, 0.1) is 0 Å². The molecule has 60 valence electrons. The van der Waals surface area contributed by atoms with E-state index >= 15 is 0 Å². The summed E-state index contributed by atoms with van der Waals surface area (Å²) in [4.78, 5) is 4.26. The van der Waals surface area contributed by atoms with E-state index in [4.69, 9.17) is 4.42 Å². The van der Waals surface area contributed by atoms with Crippen molar-refractivity contribution in [1.82, 2.24) is 15.2 Å². The van der Waals surface area contributed by atoms with Gasteiger partial charge in [-0.05, 0) is 12.1 Å². The number of hydrogen-bond acceptors (Lipinski definition) is 4. The molecule has 2 heterocycles. The number of rotatable bonds is 1. The molecular weight excluding hydrogens is 222 g/mol. The second-order valence-corrected chi connectivity index (χ2v) is 2.77. The first-order chi connectivity index (χ1) is 5.86. The van der Waals surface area contributed by atoms with Gasteiger partial charge in [-0.25, -0.2) is 0 Å². The van der Waals surface area contributed by atoms with Crippen LogP contribution < -0.4 is 0 Å². The Morgan fingerprint density at radius 1 is 1.17 bits per heavy atom. The van der Waals surface area contributed by atoms with E-state index in [-0.39, 0.29) is 0 Å². The zero-order valence-corrected chi connectivity index (χ0v) is 7.52. The maximum Gasteiger partial charge on any atom is 0.285 e. The Labute approximate surface area is 76.8 Å². The molecule has 0 aliphatic heterocycles. The molecule has 0 saturated carbocycles. The third-order valence-corrected chi connectivity index (χ3v) is 1.65. The molecule has 2 rings (SSSR count). The molecule has 0 spiro atoms. The number of hydrogen-bond donors (Lipinski definition) is 0. The molecule has 0 aromatic carbocycles. The molecule has 0 bridgehead atoms. The van der Waals surface area contributed by atoms with E-state index in [2.05, 4.69) is 31.1 Å². The minimum Gasteiger partial charge on any atom is -0.411 e. The highest BCUT2D eigenvalue weighted by Crippen LogP contribution is 2.18. The molecule has 12 heavy (non-hydrogen) atoms. The molecule has 0 unspecified atom stereocenters. The van der Waals surface area contributed by atoms with E-state index in [0.717, 1.165) is 5.56 Å². The summed E-state index contributed by atoms with van der Waals surface area (Å²) in [5, 5.41) is 7.47. The van der Waals surface area contributed by atoms with Gasteiger partial charge in [-0.1, -0.05) is 0 Å². The number of aromatic nitrogens is 3. The van der Waals surface area contributed by atoms with Gasteiger partial charge in [0.25, 0.3) is 4.80 Å². The van der Waals surface area contributed by atoms with Gasteiger partial charge in [0.15, 0.2) is 0 Å². The largest absolute Gasteiger partial charge is 0.411 e. The van der Waals surface area contributed by atoms with Gasteiger partial charge in [-0.3, -0.25) is 4.98 Å². The second-order valence-electron chi connectivity index (χ2n) is 2.10. The van der Waals surface area contributed by atoms with Gasteiger partial charge >= 0.3 is 0 Å². The van der Waals surface area contributed by atoms with Crippen LogP contribution >= 0.6 is 15.9 Å². The summed E-state index contributed by atoms with van der Waals surface area (Å²) in [5.41, 5.74) is 0.864. The molecule has 0 saturated heterocycles. The first-order valence-electron chi connectivity index (χ1n) is 3.25. The third-order valence-electron chi connectivity index (χ3n) is 1.33.